The number of carbonyl (C=O) groups is 3. The third-order valence-corrected chi connectivity index (χ3v) is 3.26. The second-order valence-electron chi connectivity index (χ2n) is 4.57. The highest BCUT2D eigenvalue weighted by molar-refractivity contribution is 7.78. The van der Waals surface area contributed by atoms with E-state index < -0.39 is 0 Å². The Morgan fingerprint density at radius 3 is 2.00 bits per heavy atom. The molecule has 0 atom stereocenters. The van der Waals surface area contributed by atoms with Gasteiger partial charge < -0.3 is 25.8 Å². The van der Waals surface area contributed by atoms with Crippen LogP contribution in [0.3, 0.4) is 0 Å². The van der Waals surface area contributed by atoms with E-state index in [9.17, 15) is 14.4 Å². The van der Waals surface area contributed by atoms with Crippen LogP contribution in [0, 0.1) is 0 Å². The number of piperazine rings is 1. The molecule has 0 aromatic heterocycles. The van der Waals surface area contributed by atoms with Gasteiger partial charge in [0.05, 0.1) is 25.1 Å². The summed E-state index contributed by atoms with van der Waals surface area (Å²) in [5.74, 6) is -0.400. The number of rotatable bonds is 7. The van der Waals surface area contributed by atoms with Crippen LogP contribution in [0.4, 0.5) is 0 Å². The van der Waals surface area contributed by atoms with Crippen molar-refractivity contribution in [3.8, 4) is 0 Å². The number of hydrogen-bond donors (Lipinski definition) is 3. The molecule has 3 N–H and O–H groups in total. The predicted molar refractivity (Wildman–Crippen MR) is 81.8 cm³/mol. The molecule has 118 valence electrons. The van der Waals surface area contributed by atoms with Gasteiger partial charge in [-0.25, -0.2) is 0 Å². The molecule has 0 saturated carbocycles. The van der Waals surface area contributed by atoms with Gasteiger partial charge in [-0.05, 0) is 7.05 Å². The third-order valence-electron chi connectivity index (χ3n) is 3.10. The maximum atomic E-state index is 11.9. The normalized spacial score (nSPS) is 14.5. The SMILES string of the molecule is CNCC(=O)N1CCN(C(=O)CNC(=O)CNC=S)CC1. The Bertz CT molecular complexity index is 396. The van der Waals surface area contributed by atoms with Gasteiger partial charge in [-0.3, -0.25) is 14.4 Å². The highest BCUT2D eigenvalue weighted by atomic mass is 32.1. The van der Waals surface area contributed by atoms with Crippen molar-refractivity contribution < 1.29 is 14.4 Å². The van der Waals surface area contributed by atoms with E-state index in [-0.39, 0.29) is 30.8 Å². The summed E-state index contributed by atoms with van der Waals surface area (Å²) in [4.78, 5) is 38.3. The van der Waals surface area contributed by atoms with Crippen LogP contribution in [-0.2, 0) is 14.4 Å². The molecule has 0 bridgehead atoms. The summed E-state index contributed by atoms with van der Waals surface area (Å²) in [7, 11) is 1.72. The monoisotopic (exact) mass is 315 g/mol. The van der Waals surface area contributed by atoms with E-state index in [4.69, 9.17) is 0 Å². The van der Waals surface area contributed by atoms with E-state index in [1.807, 2.05) is 0 Å². The average Bonchev–Trinajstić information content (AvgIpc) is 2.51. The Balaban J connectivity index is 2.27. The van der Waals surface area contributed by atoms with E-state index in [0.29, 0.717) is 32.7 Å². The minimum atomic E-state index is -0.285. The minimum absolute atomic E-state index is 0.0316. The zero-order valence-corrected chi connectivity index (χ0v) is 12.9. The smallest absolute Gasteiger partial charge is 0.242 e. The molecule has 3 amide bonds. The molecule has 1 fully saturated rings. The molecule has 1 aliphatic rings. The standard InChI is InChI=1S/C12H21N5O3S/c1-13-7-11(19)16-2-4-17(5-3-16)12(20)8-15-10(18)6-14-9-21/h9,13H,2-8H2,1H3,(H,14,21)(H,15,18). The number of nitrogens with zero attached hydrogens (tertiary/aromatic N) is 2. The van der Waals surface area contributed by atoms with Crippen molar-refractivity contribution >= 4 is 35.4 Å². The quantitative estimate of drug-likeness (QED) is 0.451. The predicted octanol–water partition coefficient (Wildman–Crippen LogP) is -2.46. The van der Waals surface area contributed by atoms with Gasteiger partial charge in [0.2, 0.25) is 17.7 Å². The Hall–Kier alpha value is -1.74. The van der Waals surface area contributed by atoms with Gasteiger partial charge in [0.15, 0.2) is 0 Å². The van der Waals surface area contributed by atoms with Crippen LogP contribution >= 0.6 is 12.2 Å². The highest BCUT2D eigenvalue weighted by Crippen LogP contribution is 2.02. The molecule has 0 aromatic rings. The van der Waals surface area contributed by atoms with Crippen molar-refractivity contribution in [1.82, 2.24) is 25.8 Å². The molecule has 0 aliphatic carbocycles. The number of nitrogens with one attached hydrogen (secondary N) is 3. The summed E-state index contributed by atoms with van der Waals surface area (Å²) in [6.45, 7) is 2.34. The van der Waals surface area contributed by atoms with Crippen molar-refractivity contribution in [1.29, 1.82) is 0 Å². The molecule has 0 unspecified atom stereocenters. The second-order valence-corrected chi connectivity index (χ2v) is 4.80. The summed E-state index contributed by atoms with van der Waals surface area (Å²) in [5.41, 5.74) is 1.25. The van der Waals surface area contributed by atoms with Gasteiger partial charge in [-0.2, -0.15) is 0 Å². The number of thiocarbonyl (C=S) groups is 1. The summed E-state index contributed by atoms with van der Waals surface area (Å²) < 4.78 is 0. The Morgan fingerprint density at radius 2 is 1.52 bits per heavy atom. The second kappa shape index (κ2) is 9.24. The molecule has 1 rings (SSSR count). The van der Waals surface area contributed by atoms with Crippen molar-refractivity contribution in [2.75, 3.05) is 52.9 Å². The highest BCUT2D eigenvalue weighted by Gasteiger charge is 2.23. The number of likely N-dealkylation sites (N-methyl/N-ethyl adjacent to an activating group) is 1. The minimum Gasteiger partial charge on any atom is -0.373 e. The number of hydrogen-bond acceptors (Lipinski definition) is 5. The summed E-state index contributed by atoms with van der Waals surface area (Å²) in [6, 6.07) is 0. The molecule has 21 heavy (non-hydrogen) atoms. The van der Waals surface area contributed by atoms with E-state index in [1.165, 1.54) is 5.49 Å². The molecule has 0 spiro atoms. The summed E-state index contributed by atoms with van der Waals surface area (Å²) >= 11 is 4.53. The molecule has 0 radical (unpaired) electrons. The van der Waals surface area contributed by atoms with Crippen LogP contribution in [0.5, 0.6) is 0 Å². The molecule has 9 heteroatoms. The molecule has 8 nitrogen and oxygen atoms in total. The number of amides is 3. The van der Waals surface area contributed by atoms with E-state index in [0.717, 1.165) is 0 Å². The Kier molecular flexibility index (Phi) is 7.62. The molecule has 1 saturated heterocycles. The topological polar surface area (TPSA) is 93.8 Å². The molecular formula is C12H21N5O3S. The van der Waals surface area contributed by atoms with Crippen molar-refractivity contribution in [2.24, 2.45) is 0 Å². The average molecular weight is 315 g/mol. The fraction of sp³-hybridized carbons (Fsp3) is 0.667. The van der Waals surface area contributed by atoms with Crippen LogP contribution in [0.2, 0.25) is 0 Å². The molecular weight excluding hydrogens is 294 g/mol. The van der Waals surface area contributed by atoms with Gasteiger partial charge in [0.25, 0.3) is 0 Å². The first-order chi connectivity index (χ1) is 10.1. The summed E-state index contributed by atoms with van der Waals surface area (Å²) in [6.07, 6.45) is 0. The zero-order chi connectivity index (χ0) is 15.7. The van der Waals surface area contributed by atoms with Crippen molar-refractivity contribution in [2.45, 2.75) is 0 Å². The van der Waals surface area contributed by atoms with Gasteiger partial charge >= 0.3 is 0 Å². The largest absolute Gasteiger partial charge is 0.373 e. The van der Waals surface area contributed by atoms with Crippen LogP contribution < -0.4 is 16.0 Å². The fourth-order valence-electron chi connectivity index (χ4n) is 1.95. The lowest BCUT2D eigenvalue weighted by Gasteiger charge is -2.34. The van der Waals surface area contributed by atoms with Crippen LogP contribution in [0.15, 0.2) is 0 Å². The first kappa shape index (κ1) is 17.3. The molecule has 1 aliphatic heterocycles. The van der Waals surface area contributed by atoms with Gasteiger partial charge in [0, 0.05) is 26.2 Å². The lowest BCUT2D eigenvalue weighted by Crippen LogP contribution is -2.54. The maximum Gasteiger partial charge on any atom is 0.242 e. The zero-order valence-electron chi connectivity index (χ0n) is 12.1. The molecule has 0 aromatic carbocycles. The fourth-order valence-corrected chi connectivity index (χ4v) is 2.03. The van der Waals surface area contributed by atoms with E-state index in [2.05, 4.69) is 28.2 Å². The lowest BCUT2D eigenvalue weighted by atomic mass is 10.3. The molecule has 1 heterocycles. The van der Waals surface area contributed by atoms with E-state index in [1.54, 1.807) is 16.8 Å². The van der Waals surface area contributed by atoms with Crippen LogP contribution in [0.25, 0.3) is 0 Å². The van der Waals surface area contributed by atoms with E-state index >= 15 is 0 Å². The first-order valence-electron chi connectivity index (χ1n) is 6.72. The third kappa shape index (κ3) is 6.05. The maximum absolute atomic E-state index is 11.9. The summed E-state index contributed by atoms with van der Waals surface area (Å²) in [5, 5.41) is 7.92. The Labute approximate surface area is 129 Å². The van der Waals surface area contributed by atoms with Gasteiger partial charge in [0.1, 0.15) is 0 Å². The Morgan fingerprint density at radius 1 is 1.00 bits per heavy atom. The van der Waals surface area contributed by atoms with Gasteiger partial charge in [-0.1, -0.05) is 12.2 Å². The van der Waals surface area contributed by atoms with Crippen LogP contribution in [-0.4, -0.2) is 85.9 Å². The van der Waals surface area contributed by atoms with Gasteiger partial charge in [-0.15, -0.1) is 0 Å². The van der Waals surface area contributed by atoms with Crippen molar-refractivity contribution in [3.63, 3.8) is 0 Å². The number of carbonyl (C=O) groups excluding carboxylic acids is 3. The first-order valence-corrected chi connectivity index (χ1v) is 7.19. The lowest BCUT2D eigenvalue weighted by molar-refractivity contribution is -0.139. The van der Waals surface area contributed by atoms with Crippen LogP contribution in [0.1, 0.15) is 0 Å². The van der Waals surface area contributed by atoms with Crippen molar-refractivity contribution in [3.05, 3.63) is 0 Å².